The number of carbonyl (C=O) groups excluding carboxylic acids is 2. The molecular formula is C23H28N2O3. The summed E-state index contributed by atoms with van der Waals surface area (Å²) in [6.07, 6.45) is 2.43. The Kier molecular flexibility index (Phi) is 6.69. The van der Waals surface area contributed by atoms with Crippen molar-refractivity contribution in [2.45, 2.75) is 32.1 Å². The first-order chi connectivity index (χ1) is 13.5. The third-order valence-electron chi connectivity index (χ3n) is 5.44. The highest BCUT2D eigenvalue weighted by molar-refractivity contribution is 5.84. The van der Waals surface area contributed by atoms with Crippen LogP contribution in [0, 0.1) is 5.92 Å². The van der Waals surface area contributed by atoms with E-state index in [1.54, 1.807) is 12.1 Å². The van der Waals surface area contributed by atoms with Gasteiger partial charge in [-0.3, -0.25) is 9.59 Å². The maximum absolute atomic E-state index is 13.3. The molecule has 0 aliphatic carbocycles. The fourth-order valence-electron chi connectivity index (χ4n) is 3.77. The van der Waals surface area contributed by atoms with Crippen LogP contribution in [-0.2, 0) is 16.0 Å². The van der Waals surface area contributed by atoms with Crippen molar-refractivity contribution in [1.82, 2.24) is 10.2 Å². The molecule has 3 rings (SSSR count). The maximum atomic E-state index is 13.3. The minimum absolute atomic E-state index is 0.00320. The average Bonchev–Trinajstić information content (AvgIpc) is 2.72. The van der Waals surface area contributed by atoms with Crippen molar-refractivity contribution in [3.8, 4) is 5.75 Å². The molecule has 0 spiro atoms. The molecule has 2 aromatic rings. The molecular weight excluding hydrogens is 352 g/mol. The monoisotopic (exact) mass is 380 g/mol. The normalized spacial score (nSPS) is 15.8. The zero-order valence-corrected chi connectivity index (χ0v) is 16.3. The van der Waals surface area contributed by atoms with E-state index in [-0.39, 0.29) is 23.5 Å². The van der Waals surface area contributed by atoms with Crippen LogP contribution in [0.2, 0.25) is 0 Å². The Morgan fingerprint density at radius 1 is 1.07 bits per heavy atom. The zero-order chi connectivity index (χ0) is 19.9. The first kappa shape index (κ1) is 19.9. The number of hydrogen-bond donors (Lipinski definition) is 2. The molecule has 0 saturated carbocycles. The largest absolute Gasteiger partial charge is 0.508 e. The van der Waals surface area contributed by atoms with Crippen molar-refractivity contribution < 1.29 is 14.7 Å². The van der Waals surface area contributed by atoms with Crippen molar-refractivity contribution in [2.75, 3.05) is 19.6 Å². The Morgan fingerprint density at radius 2 is 1.71 bits per heavy atom. The van der Waals surface area contributed by atoms with Crippen LogP contribution in [0.3, 0.4) is 0 Å². The molecule has 5 heteroatoms. The van der Waals surface area contributed by atoms with Gasteiger partial charge in [0.2, 0.25) is 11.8 Å². The lowest BCUT2D eigenvalue weighted by Crippen LogP contribution is -2.43. The zero-order valence-electron chi connectivity index (χ0n) is 16.3. The SMILES string of the molecule is CC(=O)NCC1CCN(C(=O)C(Cc2ccc(O)cc2)c2ccccc2)CC1. The van der Waals surface area contributed by atoms with Gasteiger partial charge in [-0.15, -0.1) is 0 Å². The Hall–Kier alpha value is -2.82. The topological polar surface area (TPSA) is 69.6 Å². The van der Waals surface area contributed by atoms with Crippen LogP contribution in [-0.4, -0.2) is 41.5 Å². The van der Waals surface area contributed by atoms with Gasteiger partial charge in [0.05, 0.1) is 5.92 Å². The van der Waals surface area contributed by atoms with Crippen molar-refractivity contribution in [2.24, 2.45) is 5.92 Å². The molecule has 1 heterocycles. The lowest BCUT2D eigenvalue weighted by Gasteiger charge is -2.34. The van der Waals surface area contributed by atoms with E-state index in [9.17, 15) is 14.7 Å². The summed E-state index contributed by atoms with van der Waals surface area (Å²) in [6.45, 7) is 3.67. The predicted octanol–water partition coefficient (Wildman–Crippen LogP) is 3.09. The fourth-order valence-corrected chi connectivity index (χ4v) is 3.77. The molecule has 2 N–H and O–H groups in total. The van der Waals surface area contributed by atoms with Crippen LogP contribution in [0.5, 0.6) is 5.75 Å². The molecule has 1 aliphatic heterocycles. The highest BCUT2D eigenvalue weighted by atomic mass is 16.3. The molecule has 1 saturated heterocycles. The van der Waals surface area contributed by atoms with Crippen molar-refractivity contribution in [3.63, 3.8) is 0 Å². The van der Waals surface area contributed by atoms with Gasteiger partial charge in [-0.25, -0.2) is 0 Å². The Balaban J connectivity index is 1.69. The molecule has 0 aromatic heterocycles. The minimum atomic E-state index is -0.238. The summed E-state index contributed by atoms with van der Waals surface area (Å²) in [4.78, 5) is 26.4. The Labute approximate surface area is 166 Å². The number of phenolic OH excluding ortho intramolecular Hbond substituents is 1. The van der Waals surface area contributed by atoms with Gasteiger partial charge in [-0.1, -0.05) is 42.5 Å². The minimum Gasteiger partial charge on any atom is -0.508 e. The van der Waals surface area contributed by atoms with Gasteiger partial charge >= 0.3 is 0 Å². The number of amides is 2. The van der Waals surface area contributed by atoms with Crippen LogP contribution in [0.15, 0.2) is 54.6 Å². The summed E-state index contributed by atoms with van der Waals surface area (Å²) < 4.78 is 0. The second-order valence-corrected chi connectivity index (χ2v) is 7.54. The summed E-state index contributed by atoms with van der Waals surface area (Å²) in [7, 11) is 0. The molecule has 1 fully saturated rings. The van der Waals surface area contributed by atoms with Crippen molar-refractivity contribution in [1.29, 1.82) is 0 Å². The molecule has 2 aromatic carbocycles. The van der Waals surface area contributed by atoms with Gasteiger partial charge in [0.15, 0.2) is 0 Å². The highest BCUT2D eigenvalue weighted by Gasteiger charge is 2.29. The molecule has 2 amide bonds. The first-order valence-electron chi connectivity index (χ1n) is 9.89. The van der Waals surface area contributed by atoms with E-state index in [4.69, 9.17) is 0 Å². The van der Waals surface area contributed by atoms with Gasteiger partial charge in [-0.2, -0.15) is 0 Å². The summed E-state index contributed by atoms with van der Waals surface area (Å²) in [5.74, 6) is 0.569. The lowest BCUT2D eigenvalue weighted by molar-refractivity contribution is -0.134. The number of likely N-dealkylation sites (tertiary alicyclic amines) is 1. The van der Waals surface area contributed by atoms with E-state index in [1.807, 2.05) is 47.4 Å². The summed E-state index contributed by atoms with van der Waals surface area (Å²) in [5, 5.41) is 12.4. The van der Waals surface area contributed by atoms with Gasteiger partial charge < -0.3 is 15.3 Å². The number of aromatic hydroxyl groups is 1. The third-order valence-corrected chi connectivity index (χ3v) is 5.44. The maximum Gasteiger partial charge on any atom is 0.230 e. The summed E-state index contributed by atoms with van der Waals surface area (Å²) >= 11 is 0. The second-order valence-electron chi connectivity index (χ2n) is 7.54. The van der Waals surface area contributed by atoms with Crippen LogP contribution in [0.4, 0.5) is 0 Å². The fraction of sp³-hybridized carbons (Fsp3) is 0.391. The molecule has 1 aliphatic rings. The quantitative estimate of drug-likeness (QED) is 0.809. The lowest BCUT2D eigenvalue weighted by atomic mass is 9.89. The van der Waals surface area contributed by atoms with Gasteiger partial charge in [-0.05, 0) is 48.4 Å². The van der Waals surface area contributed by atoms with E-state index < -0.39 is 0 Å². The Morgan fingerprint density at radius 3 is 2.32 bits per heavy atom. The summed E-state index contributed by atoms with van der Waals surface area (Å²) in [6, 6.07) is 17.0. The molecule has 0 bridgehead atoms. The van der Waals surface area contributed by atoms with Crippen molar-refractivity contribution in [3.05, 3.63) is 65.7 Å². The van der Waals surface area contributed by atoms with Gasteiger partial charge in [0.1, 0.15) is 5.75 Å². The molecule has 1 unspecified atom stereocenters. The average molecular weight is 380 g/mol. The summed E-state index contributed by atoms with van der Waals surface area (Å²) in [5.41, 5.74) is 2.04. The van der Waals surface area contributed by atoms with Gasteiger partial charge in [0, 0.05) is 26.6 Å². The van der Waals surface area contributed by atoms with Crippen LogP contribution in [0.1, 0.15) is 36.8 Å². The molecule has 1 atom stereocenters. The van der Waals surface area contributed by atoms with E-state index in [0.29, 0.717) is 18.9 Å². The molecule has 28 heavy (non-hydrogen) atoms. The molecule has 5 nitrogen and oxygen atoms in total. The number of rotatable bonds is 6. The van der Waals surface area contributed by atoms with Gasteiger partial charge in [0.25, 0.3) is 0 Å². The van der Waals surface area contributed by atoms with Crippen molar-refractivity contribution >= 4 is 11.8 Å². The number of hydrogen-bond acceptors (Lipinski definition) is 3. The third kappa shape index (κ3) is 5.35. The Bertz CT molecular complexity index is 781. The van der Waals surface area contributed by atoms with E-state index >= 15 is 0 Å². The van der Waals surface area contributed by atoms with Crippen LogP contribution in [0.25, 0.3) is 0 Å². The smallest absolute Gasteiger partial charge is 0.230 e. The standard InChI is InChI=1S/C23H28N2O3/c1-17(26)24-16-19-11-13-25(14-12-19)23(28)22(20-5-3-2-4-6-20)15-18-7-9-21(27)10-8-18/h2-10,19,22,27H,11-16H2,1H3,(H,24,26). The number of nitrogens with one attached hydrogen (secondary N) is 1. The first-order valence-corrected chi connectivity index (χ1v) is 9.89. The number of phenols is 1. The van der Waals surface area contributed by atoms with E-state index in [1.165, 1.54) is 6.92 Å². The van der Waals surface area contributed by atoms with E-state index in [0.717, 1.165) is 37.1 Å². The van der Waals surface area contributed by atoms with E-state index in [2.05, 4.69) is 5.32 Å². The van der Waals surface area contributed by atoms with Crippen LogP contribution >= 0.6 is 0 Å². The molecule has 0 radical (unpaired) electrons. The predicted molar refractivity (Wildman–Crippen MR) is 109 cm³/mol. The van der Waals surface area contributed by atoms with Crippen LogP contribution < -0.4 is 5.32 Å². The number of benzene rings is 2. The number of nitrogens with zero attached hydrogens (tertiary/aromatic N) is 1. The molecule has 148 valence electrons. The second kappa shape index (κ2) is 9.40. The number of carbonyl (C=O) groups is 2. The highest BCUT2D eigenvalue weighted by Crippen LogP contribution is 2.27. The number of piperidine rings is 1.